The van der Waals surface area contributed by atoms with Crippen LogP contribution in [0, 0.1) is 17.0 Å². The number of hydrogen-bond donors (Lipinski definition) is 0. The Morgan fingerprint density at radius 1 is 1.17 bits per heavy atom. The van der Waals surface area contributed by atoms with E-state index in [2.05, 4.69) is 37.2 Å². The highest BCUT2D eigenvalue weighted by Gasteiger charge is 2.36. The van der Waals surface area contributed by atoms with Crippen LogP contribution >= 0.6 is 0 Å². The summed E-state index contributed by atoms with van der Waals surface area (Å²) in [5.74, 6) is -1.22. The number of rotatable bonds is 6. The van der Waals surface area contributed by atoms with Crippen molar-refractivity contribution in [1.29, 1.82) is 0 Å². The first-order chi connectivity index (χ1) is 14.4. The van der Waals surface area contributed by atoms with Gasteiger partial charge in [0.2, 0.25) is 0 Å². The second-order valence-electron chi connectivity index (χ2n) is 8.19. The fraction of sp³-hybridized carbons (Fsp3) is 0.320. The molecule has 30 heavy (non-hydrogen) atoms. The number of ether oxygens (including phenoxy) is 1. The molecule has 0 bridgehead atoms. The molecule has 156 valence electrons. The largest absolute Gasteiger partial charge is 0.374 e. The Kier molecular flexibility index (Phi) is 5.56. The lowest BCUT2D eigenvalue weighted by molar-refractivity contribution is 0.0324. The lowest BCUT2D eigenvalue weighted by Crippen LogP contribution is -2.28. The van der Waals surface area contributed by atoms with Gasteiger partial charge < -0.3 is 4.74 Å². The number of allylic oxidation sites excluding steroid dienone is 1. The summed E-state index contributed by atoms with van der Waals surface area (Å²) in [6, 6.07) is 13.9. The number of fused-ring (bicyclic) bond motifs is 1. The van der Waals surface area contributed by atoms with Crippen molar-refractivity contribution >= 4 is 6.08 Å². The van der Waals surface area contributed by atoms with Crippen LogP contribution in [-0.4, -0.2) is 16.4 Å². The van der Waals surface area contributed by atoms with E-state index in [0.717, 1.165) is 30.2 Å². The highest BCUT2D eigenvalue weighted by atomic mass is 19.1. The Morgan fingerprint density at radius 2 is 1.93 bits per heavy atom. The quantitative estimate of drug-likeness (QED) is 0.480. The molecule has 1 aromatic heterocycles. The summed E-state index contributed by atoms with van der Waals surface area (Å²) in [6.45, 7) is 7.01. The van der Waals surface area contributed by atoms with Crippen molar-refractivity contribution in [3.63, 3.8) is 0 Å². The monoisotopic (exact) mass is 408 g/mol. The topological polar surface area (TPSA) is 27.1 Å². The van der Waals surface area contributed by atoms with Crippen LogP contribution in [0.5, 0.6) is 0 Å². The number of benzene rings is 2. The van der Waals surface area contributed by atoms with Crippen LogP contribution in [0.4, 0.5) is 8.78 Å². The van der Waals surface area contributed by atoms with E-state index in [0.29, 0.717) is 6.61 Å². The lowest BCUT2D eigenvalue weighted by atomic mass is 9.70. The van der Waals surface area contributed by atoms with Crippen LogP contribution in [0.1, 0.15) is 50.1 Å². The molecule has 4 rings (SSSR count). The van der Waals surface area contributed by atoms with Crippen molar-refractivity contribution in [1.82, 2.24) is 9.78 Å². The fourth-order valence-corrected chi connectivity index (χ4v) is 4.25. The van der Waals surface area contributed by atoms with Gasteiger partial charge in [0, 0.05) is 12.7 Å². The van der Waals surface area contributed by atoms with E-state index in [1.54, 1.807) is 10.9 Å². The SMILES string of the molecule is CCO[C@H](C[C@@]1(C)Cc2cnn(-c3ccc(F)cc3F)c2C=C1C)c1ccccc1. The third-order valence-corrected chi connectivity index (χ3v) is 6.09. The average Bonchev–Trinajstić information content (AvgIpc) is 3.10. The molecule has 1 aliphatic carbocycles. The van der Waals surface area contributed by atoms with Gasteiger partial charge in [0.1, 0.15) is 11.5 Å². The van der Waals surface area contributed by atoms with Gasteiger partial charge in [-0.05, 0) is 61.4 Å². The van der Waals surface area contributed by atoms with E-state index >= 15 is 0 Å². The number of nitrogens with zero attached hydrogens (tertiary/aromatic N) is 2. The highest BCUT2D eigenvalue weighted by molar-refractivity contribution is 5.60. The van der Waals surface area contributed by atoms with E-state index in [1.807, 2.05) is 25.1 Å². The van der Waals surface area contributed by atoms with E-state index in [9.17, 15) is 8.78 Å². The second kappa shape index (κ2) is 8.15. The fourth-order valence-electron chi connectivity index (χ4n) is 4.25. The molecule has 3 aromatic rings. The lowest BCUT2D eigenvalue weighted by Gasteiger charge is -2.37. The minimum atomic E-state index is -0.624. The van der Waals surface area contributed by atoms with Gasteiger partial charge in [0.25, 0.3) is 0 Å². The van der Waals surface area contributed by atoms with Crippen molar-refractivity contribution < 1.29 is 13.5 Å². The molecule has 3 nitrogen and oxygen atoms in total. The van der Waals surface area contributed by atoms with E-state index in [1.165, 1.54) is 23.3 Å². The molecule has 2 atom stereocenters. The van der Waals surface area contributed by atoms with Gasteiger partial charge in [-0.25, -0.2) is 13.5 Å². The molecule has 5 heteroatoms. The summed E-state index contributed by atoms with van der Waals surface area (Å²) in [5, 5.41) is 4.41. The summed E-state index contributed by atoms with van der Waals surface area (Å²) >= 11 is 0. The molecule has 1 aliphatic rings. The number of aromatic nitrogens is 2. The van der Waals surface area contributed by atoms with E-state index < -0.39 is 11.6 Å². The summed E-state index contributed by atoms with van der Waals surface area (Å²) < 4.78 is 35.3. The normalized spacial score (nSPS) is 19.3. The van der Waals surface area contributed by atoms with Crippen LogP contribution in [0.3, 0.4) is 0 Å². The maximum absolute atomic E-state index is 14.3. The highest BCUT2D eigenvalue weighted by Crippen LogP contribution is 2.45. The van der Waals surface area contributed by atoms with Crippen LogP contribution in [0.2, 0.25) is 0 Å². The number of hydrogen-bond acceptors (Lipinski definition) is 2. The molecule has 0 spiro atoms. The molecule has 0 aliphatic heterocycles. The van der Waals surface area contributed by atoms with Crippen LogP contribution in [-0.2, 0) is 11.2 Å². The van der Waals surface area contributed by atoms with E-state index in [-0.39, 0.29) is 17.2 Å². The van der Waals surface area contributed by atoms with Crippen LogP contribution < -0.4 is 0 Å². The smallest absolute Gasteiger partial charge is 0.151 e. The maximum Gasteiger partial charge on any atom is 0.151 e. The first-order valence-corrected chi connectivity index (χ1v) is 10.3. The third kappa shape index (κ3) is 3.82. The van der Waals surface area contributed by atoms with Crippen LogP contribution in [0.15, 0.2) is 60.3 Å². The predicted octanol–water partition coefficient (Wildman–Crippen LogP) is 6.28. The molecule has 0 saturated heterocycles. The Hall–Kier alpha value is -2.79. The summed E-state index contributed by atoms with van der Waals surface area (Å²) in [7, 11) is 0. The Balaban J connectivity index is 1.66. The zero-order valence-electron chi connectivity index (χ0n) is 17.5. The zero-order chi connectivity index (χ0) is 21.3. The molecule has 1 heterocycles. The van der Waals surface area contributed by atoms with Gasteiger partial charge in [0.05, 0.1) is 18.0 Å². The molecule has 0 saturated carbocycles. The van der Waals surface area contributed by atoms with Gasteiger partial charge in [0.15, 0.2) is 5.82 Å². The minimum absolute atomic E-state index is 0.00399. The molecule has 0 N–H and O–H groups in total. The van der Waals surface area contributed by atoms with Gasteiger partial charge in [-0.15, -0.1) is 0 Å². The molecule has 0 amide bonds. The molecular formula is C25H26F2N2O. The Bertz CT molecular complexity index is 1070. The zero-order valence-corrected chi connectivity index (χ0v) is 17.5. The van der Waals surface area contributed by atoms with Gasteiger partial charge in [-0.3, -0.25) is 0 Å². The van der Waals surface area contributed by atoms with Gasteiger partial charge in [-0.1, -0.05) is 42.8 Å². The minimum Gasteiger partial charge on any atom is -0.374 e. The maximum atomic E-state index is 14.3. The predicted molar refractivity (Wildman–Crippen MR) is 114 cm³/mol. The Labute approximate surface area is 176 Å². The van der Waals surface area contributed by atoms with E-state index in [4.69, 9.17) is 4.74 Å². The van der Waals surface area contributed by atoms with Crippen molar-refractivity contribution in [3.8, 4) is 5.69 Å². The molecule has 0 fully saturated rings. The average molecular weight is 408 g/mol. The second-order valence-corrected chi connectivity index (χ2v) is 8.19. The Morgan fingerprint density at radius 3 is 2.63 bits per heavy atom. The first-order valence-electron chi connectivity index (χ1n) is 10.3. The molecule has 0 radical (unpaired) electrons. The van der Waals surface area contributed by atoms with Gasteiger partial charge >= 0.3 is 0 Å². The van der Waals surface area contributed by atoms with Crippen molar-refractivity contribution in [2.24, 2.45) is 5.41 Å². The van der Waals surface area contributed by atoms with Crippen molar-refractivity contribution in [2.75, 3.05) is 6.61 Å². The summed E-state index contributed by atoms with van der Waals surface area (Å²) in [5.41, 5.74) is 4.40. The summed E-state index contributed by atoms with van der Waals surface area (Å²) in [6.07, 6.45) is 5.47. The van der Waals surface area contributed by atoms with Crippen molar-refractivity contribution in [3.05, 3.63) is 88.8 Å². The summed E-state index contributed by atoms with van der Waals surface area (Å²) in [4.78, 5) is 0. The molecule has 2 aromatic carbocycles. The third-order valence-electron chi connectivity index (χ3n) is 6.09. The van der Waals surface area contributed by atoms with Crippen molar-refractivity contribution in [2.45, 2.75) is 39.7 Å². The molecule has 0 unspecified atom stereocenters. The molecular weight excluding hydrogens is 382 g/mol. The first kappa shape index (κ1) is 20.5. The standard InChI is InChI=1S/C25H26F2N2O/c1-4-30-24(18-8-6-5-7-9-18)15-25(3)14-19-16-28-29(23(19)12-17(25)2)22-11-10-20(26)13-21(22)27/h5-13,16,24H,4,14-15H2,1-3H3/t24-,25-/m1/s1. The van der Waals surface area contributed by atoms with Crippen LogP contribution in [0.25, 0.3) is 11.8 Å². The van der Waals surface area contributed by atoms with Gasteiger partial charge in [-0.2, -0.15) is 5.10 Å². The number of halogens is 2.